The third-order valence-corrected chi connectivity index (χ3v) is 4.16. The van der Waals surface area contributed by atoms with Crippen LogP contribution in [0, 0.1) is 17.8 Å². The summed E-state index contributed by atoms with van der Waals surface area (Å²) in [5, 5.41) is 0. The van der Waals surface area contributed by atoms with E-state index in [0.29, 0.717) is 0 Å². The Morgan fingerprint density at radius 3 is 2.15 bits per heavy atom. The van der Waals surface area contributed by atoms with Crippen molar-refractivity contribution in [3.8, 4) is 0 Å². The van der Waals surface area contributed by atoms with Crippen LogP contribution in [0.2, 0.25) is 0 Å². The van der Waals surface area contributed by atoms with Crippen molar-refractivity contribution in [1.82, 2.24) is 4.90 Å². The maximum Gasteiger partial charge on any atom is 0.0104 e. The molecule has 2 aliphatic rings. The second-order valence-corrected chi connectivity index (χ2v) is 5.58. The summed E-state index contributed by atoms with van der Waals surface area (Å²) in [6, 6.07) is 1.69. The molecule has 1 heteroatoms. The normalized spacial score (nSPS) is 39.7. The molecule has 0 N–H and O–H groups in total. The molecule has 13 heavy (non-hydrogen) atoms. The van der Waals surface area contributed by atoms with Gasteiger partial charge in [0, 0.05) is 18.6 Å². The van der Waals surface area contributed by atoms with E-state index in [1.54, 1.807) is 0 Å². The van der Waals surface area contributed by atoms with Crippen molar-refractivity contribution in [2.24, 2.45) is 17.8 Å². The molecule has 0 spiro atoms. The van der Waals surface area contributed by atoms with Crippen molar-refractivity contribution in [3.63, 3.8) is 0 Å². The predicted octanol–water partition coefficient (Wildman–Crippen LogP) is 2.76. The number of nitrogens with zero attached hydrogens (tertiary/aromatic N) is 1. The first-order valence-electron chi connectivity index (χ1n) is 5.85. The molecule has 3 atom stereocenters. The fraction of sp³-hybridized carbons (Fsp3) is 1.00. The van der Waals surface area contributed by atoms with Crippen LogP contribution in [0.15, 0.2) is 0 Å². The van der Waals surface area contributed by atoms with Gasteiger partial charge in [-0.25, -0.2) is 0 Å². The number of rotatable bonds is 2. The fourth-order valence-corrected chi connectivity index (χ4v) is 3.48. The van der Waals surface area contributed by atoms with Gasteiger partial charge in [-0.1, -0.05) is 13.8 Å². The second kappa shape index (κ2) is 3.27. The summed E-state index contributed by atoms with van der Waals surface area (Å²) in [5.74, 6) is 2.96. The van der Waals surface area contributed by atoms with Gasteiger partial charge in [-0.05, 0) is 44.4 Å². The van der Waals surface area contributed by atoms with Crippen LogP contribution in [-0.4, -0.2) is 23.5 Å². The Morgan fingerprint density at radius 2 is 1.77 bits per heavy atom. The molecule has 76 valence electrons. The molecule has 0 aromatic heterocycles. The standard InChI is InChI=1S/C12H23N/c1-8(2)12-6-11-5-10(12)7-13(11)9(3)4/h8-12H,5-7H2,1-4H3/t10?,11-,12?/m0/s1. The molecule has 1 saturated heterocycles. The summed E-state index contributed by atoms with van der Waals surface area (Å²) >= 11 is 0. The van der Waals surface area contributed by atoms with Crippen LogP contribution in [0.5, 0.6) is 0 Å². The molecule has 2 fully saturated rings. The zero-order valence-corrected chi connectivity index (χ0v) is 9.46. The lowest BCUT2D eigenvalue weighted by Gasteiger charge is -2.35. The van der Waals surface area contributed by atoms with Crippen molar-refractivity contribution in [2.45, 2.75) is 52.6 Å². The Hall–Kier alpha value is -0.0400. The zero-order valence-electron chi connectivity index (χ0n) is 9.46. The topological polar surface area (TPSA) is 3.24 Å². The summed E-state index contributed by atoms with van der Waals surface area (Å²) in [5.41, 5.74) is 0. The quantitative estimate of drug-likeness (QED) is 0.633. The Bertz CT molecular complexity index is 166. The minimum atomic E-state index is 0.767. The molecule has 0 aromatic rings. The highest BCUT2D eigenvalue weighted by Gasteiger charge is 2.45. The van der Waals surface area contributed by atoms with E-state index in [1.165, 1.54) is 19.4 Å². The number of likely N-dealkylation sites (tertiary alicyclic amines) is 1. The van der Waals surface area contributed by atoms with Gasteiger partial charge in [-0.2, -0.15) is 0 Å². The van der Waals surface area contributed by atoms with Gasteiger partial charge in [0.05, 0.1) is 0 Å². The van der Waals surface area contributed by atoms with Gasteiger partial charge in [0.1, 0.15) is 0 Å². The summed E-state index contributed by atoms with van der Waals surface area (Å²) in [6.07, 6.45) is 2.96. The molecule has 1 aliphatic heterocycles. The van der Waals surface area contributed by atoms with Crippen molar-refractivity contribution in [1.29, 1.82) is 0 Å². The molecular weight excluding hydrogens is 158 g/mol. The molecule has 0 aromatic carbocycles. The van der Waals surface area contributed by atoms with Crippen LogP contribution >= 0.6 is 0 Å². The Balaban J connectivity index is 1.99. The summed E-state index contributed by atoms with van der Waals surface area (Å²) in [4.78, 5) is 2.71. The minimum absolute atomic E-state index is 0.767. The maximum atomic E-state index is 2.71. The monoisotopic (exact) mass is 181 g/mol. The second-order valence-electron chi connectivity index (χ2n) is 5.58. The molecular formula is C12H23N. The highest BCUT2D eigenvalue weighted by molar-refractivity contribution is 4.98. The molecule has 1 aliphatic carbocycles. The van der Waals surface area contributed by atoms with Gasteiger partial charge in [0.25, 0.3) is 0 Å². The third kappa shape index (κ3) is 1.52. The van der Waals surface area contributed by atoms with Crippen LogP contribution in [0.1, 0.15) is 40.5 Å². The van der Waals surface area contributed by atoms with Gasteiger partial charge in [0.2, 0.25) is 0 Å². The number of piperidine rings is 1. The average Bonchev–Trinajstić information content (AvgIpc) is 2.60. The number of hydrogen-bond acceptors (Lipinski definition) is 1. The average molecular weight is 181 g/mol. The first kappa shape index (κ1) is 9.51. The van der Waals surface area contributed by atoms with E-state index in [9.17, 15) is 0 Å². The molecule has 1 nitrogen and oxygen atoms in total. The van der Waals surface area contributed by atoms with E-state index in [1.807, 2.05) is 0 Å². The lowest BCUT2D eigenvalue weighted by molar-refractivity contribution is 0.120. The van der Waals surface area contributed by atoms with Gasteiger partial charge in [-0.15, -0.1) is 0 Å². The van der Waals surface area contributed by atoms with Crippen molar-refractivity contribution in [3.05, 3.63) is 0 Å². The SMILES string of the molecule is CC(C)C1C[C@@H]2CC1CN2C(C)C. The minimum Gasteiger partial charge on any atom is -0.298 e. The van der Waals surface area contributed by atoms with E-state index >= 15 is 0 Å². The molecule has 2 bridgehead atoms. The molecule has 0 radical (unpaired) electrons. The van der Waals surface area contributed by atoms with Crippen molar-refractivity contribution >= 4 is 0 Å². The van der Waals surface area contributed by atoms with Crippen LogP contribution in [-0.2, 0) is 0 Å². The summed E-state index contributed by atoms with van der Waals surface area (Å²) < 4.78 is 0. The van der Waals surface area contributed by atoms with Crippen LogP contribution in [0.25, 0.3) is 0 Å². The van der Waals surface area contributed by atoms with E-state index in [2.05, 4.69) is 32.6 Å². The van der Waals surface area contributed by atoms with Crippen molar-refractivity contribution in [2.75, 3.05) is 6.54 Å². The number of hydrogen-bond donors (Lipinski definition) is 0. The van der Waals surface area contributed by atoms with Crippen LogP contribution in [0.3, 0.4) is 0 Å². The van der Waals surface area contributed by atoms with E-state index < -0.39 is 0 Å². The first-order chi connectivity index (χ1) is 6.09. The molecule has 1 heterocycles. The van der Waals surface area contributed by atoms with Gasteiger partial charge >= 0.3 is 0 Å². The molecule has 1 saturated carbocycles. The first-order valence-corrected chi connectivity index (χ1v) is 5.85. The van der Waals surface area contributed by atoms with Crippen LogP contribution < -0.4 is 0 Å². The molecule has 0 amide bonds. The smallest absolute Gasteiger partial charge is 0.0104 e. The zero-order chi connectivity index (χ0) is 9.59. The Labute approximate surface area is 82.5 Å². The summed E-state index contributed by atoms with van der Waals surface area (Å²) in [7, 11) is 0. The fourth-order valence-electron chi connectivity index (χ4n) is 3.48. The number of fused-ring (bicyclic) bond motifs is 2. The molecule has 2 rings (SSSR count). The highest BCUT2D eigenvalue weighted by Crippen LogP contribution is 2.45. The third-order valence-electron chi connectivity index (χ3n) is 4.16. The lowest BCUT2D eigenvalue weighted by atomic mass is 9.84. The van der Waals surface area contributed by atoms with Gasteiger partial charge in [-0.3, -0.25) is 4.90 Å². The Kier molecular flexibility index (Phi) is 2.39. The summed E-state index contributed by atoms with van der Waals surface area (Å²) in [6.45, 7) is 10.8. The van der Waals surface area contributed by atoms with E-state index in [0.717, 1.165) is 29.8 Å². The molecule has 2 unspecified atom stereocenters. The largest absolute Gasteiger partial charge is 0.298 e. The highest BCUT2D eigenvalue weighted by atomic mass is 15.2. The van der Waals surface area contributed by atoms with Gasteiger partial charge < -0.3 is 0 Å². The maximum absolute atomic E-state index is 2.71. The van der Waals surface area contributed by atoms with E-state index in [-0.39, 0.29) is 0 Å². The van der Waals surface area contributed by atoms with Crippen LogP contribution in [0.4, 0.5) is 0 Å². The Morgan fingerprint density at radius 1 is 1.08 bits per heavy atom. The predicted molar refractivity (Wildman–Crippen MR) is 56.7 cm³/mol. The van der Waals surface area contributed by atoms with E-state index in [4.69, 9.17) is 0 Å². The van der Waals surface area contributed by atoms with Crippen molar-refractivity contribution < 1.29 is 0 Å². The lowest BCUT2D eigenvalue weighted by Crippen LogP contribution is -2.41. The van der Waals surface area contributed by atoms with Gasteiger partial charge in [0.15, 0.2) is 0 Å².